The van der Waals surface area contributed by atoms with E-state index in [0.717, 1.165) is 26.2 Å². The van der Waals surface area contributed by atoms with E-state index in [-0.39, 0.29) is 5.91 Å². The minimum atomic E-state index is 0.285. The lowest BCUT2D eigenvalue weighted by molar-refractivity contribution is -0.133. The number of nitrogens with one attached hydrogen (secondary N) is 1. The molecule has 4 nitrogen and oxygen atoms in total. The Morgan fingerprint density at radius 2 is 2.12 bits per heavy atom. The van der Waals surface area contributed by atoms with Crippen LogP contribution in [0, 0.1) is 0 Å². The molecule has 0 aromatic carbocycles. The Balaban J connectivity index is 2.26. The molecule has 0 saturated carbocycles. The van der Waals surface area contributed by atoms with E-state index in [9.17, 15) is 4.79 Å². The third-order valence-electron chi connectivity index (χ3n) is 3.20. The fourth-order valence-corrected chi connectivity index (χ4v) is 1.90. The number of hydrogen-bond acceptors (Lipinski definition) is 3. The summed E-state index contributed by atoms with van der Waals surface area (Å²) in [5.41, 5.74) is 0. The first kappa shape index (κ1) is 13.5. The summed E-state index contributed by atoms with van der Waals surface area (Å²) in [6, 6.07) is 0.940. The van der Waals surface area contributed by atoms with Gasteiger partial charge >= 0.3 is 0 Å². The molecule has 1 aliphatic heterocycles. The second-order valence-corrected chi connectivity index (χ2v) is 5.03. The summed E-state index contributed by atoms with van der Waals surface area (Å²) in [6.45, 7) is 9.90. The van der Waals surface area contributed by atoms with E-state index in [2.05, 4.69) is 38.0 Å². The van der Waals surface area contributed by atoms with Gasteiger partial charge in [0.2, 0.25) is 5.91 Å². The normalized spacial score (nSPS) is 22.8. The molecule has 1 heterocycles. The number of amides is 1. The smallest absolute Gasteiger partial charge is 0.223 e. The maximum absolute atomic E-state index is 11.9. The van der Waals surface area contributed by atoms with E-state index >= 15 is 0 Å². The summed E-state index contributed by atoms with van der Waals surface area (Å²) in [6.07, 6.45) is 0.620. The maximum atomic E-state index is 11.9. The van der Waals surface area contributed by atoms with Crippen LogP contribution < -0.4 is 5.32 Å². The van der Waals surface area contributed by atoms with Crippen LogP contribution in [0.1, 0.15) is 27.2 Å². The van der Waals surface area contributed by atoms with E-state index in [4.69, 9.17) is 0 Å². The van der Waals surface area contributed by atoms with E-state index in [1.54, 1.807) is 0 Å². The van der Waals surface area contributed by atoms with Crippen LogP contribution in [0.4, 0.5) is 0 Å². The van der Waals surface area contributed by atoms with Gasteiger partial charge in [-0.15, -0.1) is 0 Å². The quantitative estimate of drug-likeness (QED) is 0.761. The van der Waals surface area contributed by atoms with E-state index in [1.165, 1.54) is 0 Å². The van der Waals surface area contributed by atoms with Crippen LogP contribution >= 0.6 is 0 Å². The van der Waals surface area contributed by atoms with Crippen molar-refractivity contribution in [3.05, 3.63) is 0 Å². The van der Waals surface area contributed by atoms with Crippen molar-refractivity contribution in [2.24, 2.45) is 0 Å². The molecule has 0 aromatic rings. The van der Waals surface area contributed by atoms with Crippen molar-refractivity contribution in [2.75, 3.05) is 33.2 Å². The zero-order valence-corrected chi connectivity index (χ0v) is 11.0. The molecule has 1 rings (SSSR count). The minimum absolute atomic E-state index is 0.285. The Morgan fingerprint density at radius 3 is 2.69 bits per heavy atom. The third kappa shape index (κ3) is 4.10. The Morgan fingerprint density at radius 1 is 1.44 bits per heavy atom. The fraction of sp³-hybridized carbons (Fsp3) is 0.917. The number of carbonyl (C=O) groups excluding carboxylic acids is 1. The van der Waals surface area contributed by atoms with Crippen LogP contribution in [0.5, 0.6) is 0 Å². The molecule has 1 saturated heterocycles. The van der Waals surface area contributed by atoms with Crippen molar-refractivity contribution < 1.29 is 4.79 Å². The highest BCUT2D eigenvalue weighted by Gasteiger charge is 2.23. The van der Waals surface area contributed by atoms with E-state index in [1.807, 2.05) is 4.90 Å². The van der Waals surface area contributed by atoms with Crippen LogP contribution in [0.25, 0.3) is 0 Å². The SMILES string of the molecule is CC(C)NCCC(=O)N1CCN(C)C(C)C1. The number of nitrogens with zero attached hydrogens (tertiary/aromatic N) is 2. The van der Waals surface area contributed by atoms with Gasteiger partial charge in [0.25, 0.3) is 0 Å². The summed E-state index contributed by atoms with van der Waals surface area (Å²) in [5, 5.41) is 3.28. The highest BCUT2D eigenvalue weighted by Crippen LogP contribution is 2.07. The molecule has 1 unspecified atom stereocenters. The largest absolute Gasteiger partial charge is 0.340 e. The molecule has 0 radical (unpaired) electrons. The number of hydrogen-bond donors (Lipinski definition) is 1. The monoisotopic (exact) mass is 227 g/mol. The summed E-state index contributed by atoms with van der Waals surface area (Å²) in [7, 11) is 2.12. The molecule has 1 atom stereocenters. The van der Waals surface area contributed by atoms with Crippen LogP contribution in [0.15, 0.2) is 0 Å². The van der Waals surface area contributed by atoms with Crippen molar-refractivity contribution in [3.63, 3.8) is 0 Å². The molecule has 1 aliphatic rings. The number of rotatable bonds is 4. The first-order chi connectivity index (χ1) is 7.50. The van der Waals surface area contributed by atoms with Crippen molar-refractivity contribution >= 4 is 5.91 Å². The molecule has 1 amide bonds. The Kier molecular flexibility index (Phi) is 5.22. The van der Waals surface area contributed by atoms with Gasteiger partial charge in [0, 0.05) is 44.7 Å². The zero-order valence-electron chi connectivity index (χ0n) is 11.0. The van der Waals surface area contributed by atoms with Gasteiger partial charge in [0.15, 0.2) is 0 Å². The third-order valence-corrected chi connectivity index (χ3v) is 3.20. The van der Waals surface area contributed by atoms with Crippen molar-refractivity contribution in [1.29, 1.82) is 0 Å². The molecule has 0 aliphatic carbocycles. The minimum Gasteiger partial charge on any atom is -0.340 e. The Labute approximate surface area is 99.0 Å². The molecule has 94 valence electrons. The number of likely N-dealkylation sites (N-methyl/N-ethyl adjacent to an activating group) is 1. The zero-order chi connectivity index (χ0) is 12.1. The lowest BCUT2D eigenvalue weighted by Gasteiger charge is -2.37. The summed E-state index contributed by atoms with van der Waals surface area (Å²) >= 11 is 0. The first-order valence-electron chi connectivity index (χ1n) is 6.22. The molecule has 1 fully saturated rings. The number of carbonyl (C=O) groups is 1. The Bertz CT molecular complexity index is 230. The van der Waals surface area contributed by atoms with Crippen LogP contribution in [-0.4, -0.2) is 61.0 Å². The Hall–Kier alpha value is -0.610. The van der Waals surface area contributed by atoms with Crippen LogP contribution in [-0.2, 0) is 4.79 Å². The predicted octanol–water partition coefficient (Wildman–Crippen LogP) is 0.537. The summed E-state index contributed by atoms with van der Waals surface area (Å²) < 4.78 is 0. The van der Waals surface area contributed by atoms with Crippen molar-refractivity contribution in [1.82, 2.24) is 15.1 Å². The lowest BCUT2D eigenvalue weighted by Crippen LogP contribution is -2.52. The second kappa shape index (κ2) is 6.21. The van der Waals surface area contributed by atoms with Crippen LogP contribution in [0.2, 0.25) is 0 Å². The molecule has 0 spiro atoms. The van der Waals surface area contributed by atoms with Crippen molar-refractivity contribution in [2.45, 2.75) is 39.3 Å². The molecule has 4 heteroatoms. The standard InChI is InChI=1S/C12H25N3O/c1-10(2)13-6-5-12(16)15-8-7-14(4)11(3)9-15/h10-11,13H,5-9H2,1-4H3. The highest BCUT2D eigenvalue weighted by molar-refractivity contribution is 5.76. The molecule has 1 N–H and O–H groups in total. The van der Waals surface area contributed by atoms with Crippen LogP contribution in [0.3, 0.4) is 0 Å². The van der Waals surface area contributed by atoms with Gasteiger partial charge in [-0.3, -0.25) is 4.79 Å². The first-order valence-corrected chi connectivity index (χ1v) is 6.22. The van der Waals surface area contributed by atoms with Crippen molar-refractivity contribution in [3.8, 4) is 0 Å². The summed E-state index contributed by atoms with van der Waals surface area (Å²) in [5.74, 6) is 0.285. The topological polar surface area (TPSA) is 35.6 Å². The highest BCUT2D eigenvalue weighted by atomic mass is 16.2. The number of piperazine rings is 1. The molecule has 16 heavy (non-hydrogen) atoms. The van der Waals surface area contributed by atoms with Gasteiger partial charge in [0.1, 0.15) is 0 Å². The predicted molar refractivity (Wildman–Crippen MR) is 66.4 cm³/mol. The van der Waals surface area contributed by atoms with E-state index < -0.39 is 0 Å². The van der Waals surface area contributed by atoms with Gasteiger partial charge in [-0.25, -0.2) is 0 Å². The van der Waals surface area contributed by atoms with Gasteiger partial charge in [-0.1, -0.05) is 13.8 Å². The maximum Gasteiger partial charge on any atom is 0.223 e. The van der Waals surface area contributed by atoms with Gasteiger partial charge in [-0.05, 0) is 14.0 Å². The molecular formula is C12H25N3O. The fourth-order valence-electron chi connectivity index (χ4n) is 1.90. The van der Waals surface area contributed by atoms with Gasteiger partial charge in [-0.2, -0.15) is 0 Å². The van der Waals surface area contributed by atoms with Gasteiger partial charge < -0.3 is 15.1 Å². The summed E-state index contributed by atoms with van der Waals surface area (Å²) in [4.78, 5) is 16.2. The molecule has 0 bridgehead atoms. The second-order valence-electron chi connectivity index (χ2n) is 5.03. The average molecular weight is 227 g/mol. The average Bonchev–Trinajstić information content (AvgIpc) is 2.21. The molecular weight excluding hydrogens is 202 g/mol. The lowest BCUT2D eigenvalue weighted by atomic mass is 10.2. The molecule has 0 aromatic heterocycles. The van der Waals surface area contributed by atoms with Gasteiger partial charge in [0.05, 0.1) is 0 Å². The van der Waals surface area contributed by atoms with E-state index in [0.29, 0.717) is 18.5 Å².